The van der Waals surface area contributed by atoms with E-state index in [1.165, 1.54) is 37.8 Å². The van der Waals surface area contributed by atoms with E-state index in [0.717, 1.165) is 11.3 Å². The second kappa shape index (κ2) is 6.88. The Morgan fingerprint density at radius 2 is 1.70 bits per heavy atom. The number of anilines is 1. The Labute approximate surface area is 170 Å². The van der Waals surface area contributed by atoms with Gasteiger partial charge in [-0.25, -0.2) is 0 Å². The highest BCUT2D eigenvalue weighted by Gasteiger charge is 2.44. The normalized spacial score (nSPS) is 30.1. The monoisotopic (exact) mass is 402 g/mol. The van der Waals surface area contributed by atoms with E-state index < -0.39 is 0 Å². The van der Waals surface area contributed by atoms with Gasteiger partial charge in [0, 0.05) is 28.7 Å². The van der Waals surface area contributed by atoms with Gasteiger partial charge in [0.05, 0.1) is 10.7 Å². The van der Waals surface area contributed by atoms with Gasteiger partial charge in [-0.1, -0.05) is 47.8 Å². The summed E-state index contributed by atoms with van der Waals surface area (Å²) >= 11 is 12.7. The lowest BCUT2D eigenvalue weighted by atomic mass is 9.81. The van der Waals surface area contributed by atoms with E-state index in [4.69, 9.17) is 27.9 Å². The SMILES string of the molecule is CN1C2CCCC1CC(N1c3ccccc3OC1c1ccc(Cl)cc1Cl)C2. The van der Waals surface area contributed by atoms with Crippen LogP contribution in [0.25, 0.3) is 0 Å². The maximum absolute atomic E-state index is 6.58. The molecule has 2 fully saturated rings. The Morgan fingerprint density at radius 1 is 0.963 bits per heavy atom. The van der Waals surface area contributed by atoms with Gasteiger partial charge in [-0.15, -0.1) is 0 Å². The fraction of sp³-hybridized carbons (Fsp3) is 0.455. The zero-order valence-corrected chi connectivity index (χ0v) is 17.0. The first kappa shape index (κ1) is 17.7. The summed E-state index contributed by atoms with van der Waals surface area (Å²) in [5.41, 5.74) is 2.17. The minimum absolute atomic E-state index is 0.193. The molecule has 3 atom stereocenters. The summed E-state index contributed by atoms with van der Waals surface area (Å²) in [4.78, 5) is 5.08. The van der Waals surface area contributed by atoms with E-state index in [2.05, 4.69) is 35.0 Å². The van der Waals surface area contributed by atoms with Crippen molar-refractivity contribution in [3.63, 3.8) is 0 Å². The summed E-state index contributed by atoms with van der Waals surface area (Å²) in [6.07, 6.45) is 6.10. The third kappa shape index (κ3) is 3.00. The van der Waals surface area contributed by atoms with Crippen molar-refractivity contribution in [3.05, 3.63) is 58.1 Å². The van der Waals surface area contributed by atoms with Crippen molar-refractivity contribution < 1.29 is 4.74 Å². The first-order valence-electron chi connectivity index (χ1n) is 9.82. The van der Waals surface area contributed by atoms with Crippen molar-refractivity contribution >= 4 is 28.9 Å². The van der Waals surface area contributed by atoms with Crippen LogP contribution in [0.2, 0.25) is 10.0 Å². The Kier molecular flexibility index (Phi) is 4.50. The largest absolute Gasteiger partial charge is 0.464 e. The van der Waals surface area contributed by atoms with Crippen LogP contribution in [0.15, 0.2) is 42.5 Å². The van der Waals surface area contributed by atoms with Gasteiger partial charge in [-0.05, 0) is 57.0 Å². The first-order chi connectivity index (χ1) is 13.1. The van der Waals surface area contributed by atoms with E-state index in [9.17, 15) is 0 Å². The number of piperidine rings is 2. The molecular weight excluding hydrogens is 379 g/mol. The van der Waals surface area contributed by atoms with Crippen LogP contribution in [-0.2, 0) is 0 Å². The number of fused-ring (bicyclic) bond motifs is 3. The van der Waals surface area contributed by atoms with Crippen molar-refractivity contribution in [1.29, 1.82) is 0 Å². The van der Waals surface area contributed by atoms with Crippen LogP contribution in [0, 0.1) is 0 Å². The third-order valence-corrected chi connectivity index (χ3v) is 7.13. The highest BCUT2D eigenvalue weighted by Crippen LogP contribution is 2.49. The fourth-order valence-electron chi connectivity index (χ4n) is 5.19. The molecule has 3 nitrogen and oxygen atoms in total. The lowest BCUT2D eigenvalue weighted by Crippen LogP contribution is -2.55. The third-order valence-electron chi connectivity index (χ3n) is 6.57. The predicted octanol–water partition coefficient (Wildman–Crippen LogP) is 5.91. The van der Waals surface area contributed by atoms with Gasteiger partial charge in [0.1, 0.15) is 5.75 Å². The van der Waals surface area contributed by atoms with Crippen molar-refractivity contribution in [2.45, 2.75) is 56.5 Å². The molecule has 2 aromatic rings. The Morgan fingerprint density at radius 3 is 2.44 bits per heavy atom. The summed E-state index contributed by atoms with van der Waals surface area (Å²) in [5.74, 6) is 0.942. The summed E-state index contributed by atoms with van der Waals surface area (Å²) in [6.45, 7) is 0. The molecule has 2 bridgehead atoms. The molecule has 0 N–H and O–H groups in total. The van der Waals surface area contributed by atoms with E-state index in [-0.39, 0.29) is 6.23 Å². The molecule has 0 saturated carbocycles. The molecule has 3 aliphatic rings. The molecule has 3 heterocycles. The molecular formula is C22H24Cl2N2O. The molecule has 5 heteroatoms. The molecule has 3 aliphatic heterocycles. The molecule has 2 aromatic carbocycles. The smallest absolute Gasteiger partial charge is 0.200 e. The zero-order valence-electron chi connectivity index (χ0n) is 15.4. The summed E-state index contributed by atoms with van der Waals surface area (Å²) in [6, 6.07) is 15.9. The molecule has 0 aromatic heterocycles. The number of hydrogen-bond acceptors (Lipinski definition) is 3. The molecule has 5 rings (SSSR count). The molecule has 0 aliphatic carbocycles. The molecule has 142 valence electrons. The fourth-order valence-corrected chi connectivity index (χ4v) is 5.69. The second-order valence-electron chi connectivity index (χ2n) is 8.04. The Hall–Kier alpha value is -1.42. The maximum atomic E-state index is 6.58. The van der Waals surface area contributed by atoms with Gasteiger partial charge in [-0.2, -0.15) is 0 Å². The number of halogens is 2. The van der Waals surface area contributed by atoms with Gasteiger partial charge in [0.25, 0.3) is 0 Å². The van der Waals surface area contributed by atoms with Gasteiger partial charge in [0.15, 0.2) is 0 Å². The van der Waals surface area contributed by atoms with E-state index in [0.29, 0.717) is 28.2 Å². The molecule has 3 unspecified atom stereocenters. The van der Waals surface area contributed by atoms with Crippen LogP contribution >= 0.6 is 23.2 Å². The minimum Gasteiger partial charge on any atom is -0.464 e. The lowest BCUT2D eigenvalue weighted by Gasteiger charge is -2.50. The molecule has 0 spiro atoms. The van der Waals surface area contributed by atoms with Crippen LogP contribution in [0.1, 0.15) is 43.9 Å². The Balaban J connectivity index is 1.54. The number of para-hydroxylation sites is 2. The molecule has 27 heavy (non-hydrogen) atoms. The number of hydrogen-bond donors (Lipinski definition) is 0. The second-order valence-corrected chi connectivity index (χ2v) is 8.88. The molecule has 0 radical (unpaired) electrons. The standard InChI is InChI=1S/C22H24Cl2N2O/c1-25-15-5-4-6-16(25)13-17(12-15)26-20-7-2-3-8-21(20)27-22(26)18-10-9-14(23)11-19(18)24/h2-3,7-11,15-17,22H,4-6,12-13H2,1H3. The number of benzene rings is 2. The quantitative estimate of drug-likeness (QED) is 0.620. The van der Waals surface area contributed by atoms with Crippen LogP contribution in [-0.4, -0.2) is 30.1 Å². The predicted molar refractivity (Wildman–Crippen MR) is 111 cm³/mol. The van der Waals surface area contributed by atoms with Crippen LogP contribution in [0.3, 0.4) is 0 Å². The van der Waals surface area contributed by atoms with Crippen molar-refractivity contribution in [1.82, 2.24) is 4.90 Å². The first-order valence-corrected chi connectivity index (χ1v) is 10.6. The van der Waals surface area contributed by atoms with Crippen molar-refractivity contribution in [3.8, 4) is 5.75 Å². The average molecular weight is 403 g/mol. The summed E-state index contributed by atoms with van der Waals surface area (Å²) in [5, 5.41) is 1.32. The minimum atomic E-state index is -0.193. The molecule has 2 saturated heterocycles. The maximum Gasteiger partial charge on any atom is 0.200 e. The van der Waals surface area contributed by atoms with Gasteiger partial charge < -0.3 is 14.5 Å². The molecule has 0 amide bonds. The topological polar surface area (TPSA) is 15.7 Å². The van der Waals surface area contributed by atoms with E-state index in [1.54, 1.807) is 0 Å². The van der Waals surface area contributed by atoms with Crippen molar-refractivity contribution in [2.24, 2.45) is 0 Å². The zero-order chi connectivity index (χ0) is 18.5. The van der Waals surface area contributed by atoms with Crippen molar-refractivity contribution in [2.75, 3.05) is 11.9 Å². The number of nitrogens with zero attached hydrogens (tertiary/aromatic N) is 2. The lowest BCUT2D eigenvalue weighted by molar-refractivity contribution is 0.0482. The highest BCUT2D eigenvalue weighted by atomic mass is 35.5. The summed E-state index contributed by atoms with van der Waals surface area (Å²) < 4.78 is 6.41. The summed E-state index contributed by atoms with van der Waals surface area (Å²) in [7, 11) is 2.30. The van der Waals surface area contributed by atoms with Gasteiger partial charge >= 0.3 is 0 Å². The van der Waals surface area contributed by atoms with Crippen LogP contribution < -0.4 is 9.64 Å². The van der Waals surface area contributed by atoms with Crippen LogP contribution in [0.4, 0.5) is 5.69 Å². The number of ether oxygens (including phenoxy) is 1. The average Bonchev–Trinajstić information content (AvgIpc) is 3.01. The van der Waals surface area contributed by atoms with Gasteiger partial charge in [-0.3, -0.25) is 0 Å². The van der Waals surface area contributed by atoms with E-state index >= 15 is 0 Å². The number of rotatable bonds is 2. The van der Waals surface area contributed by atoms with Gasteiger partial charge in [0.2, 0.25) is 6.23 Å². The Bertz CT molecular complexity index is 844. The highest BCUT2D eigenvalue weighted by molar-refractivity contribution is 6.35. The van der Waals surface area contributed by atoms with E-state index in [1.807, 2.05) is 24.3 Å². The van der Waals surface area contributed by atoms with Crippen LogP contribution in [0.5, 0.6) is 5.75 Å².